The van der Waals surface area contributed by atoms with E-state index in [9.17, 15) is 9.59 Å². The third kappa shape index (κ3) is 2.86. The fourth-order valence-electron chi connectivity index (χ4n) is 5.70. The minimum Gasteiger partial charge on any atom is -0.269 e. The van der Waals surface area contributed by atoms with Crippen LogP contribution in [0.3, 0.4) is 0 Å². The average Bonchev–Trinajstić information content (AvgIpc) is 3.03. The summed E-state index contributed by atoms with van der Waals surface area (Å²) in [6.45, 7) is 20.3. The molecule has 2 aliphatic rings. The van der Waals surface area contributed by atoms with Crippen LogP contribution in [0.2, 0.25) is 0 Å². The number of imide groups is 1. The molecule has 0 saturated carbocycles. The summed E-state index contributed by atoms with van der Waals surface area (Å²) in [5.74, 6) is -0.388. The van der Waals surface area contributed by atoms with Crippen LogP contribution in [-0.2, 0) is 20.4 Å². The highest BCUT2D eigenvalue weighted by Crippen LogP contribution is 2.63. The Hall–Kier alpha value is -1.90. The normalized spacial score (nSPS) is 22.2. The number of carbonyl (C=O) groups excluding carboxylic acids is 2. The maximum atomic E-state index is 12.6. The summed E-state index contributed by atoms with van der Waals surface area (Å²) >= 11 is 0. The van der Waals surface area contributed by atoms with Gasteiger partial charge in [-0.25, -0.2) is 0 Å². The van der Waals surface area contributed by atoms with Crippen LogP contribution in [0.25, 0.3) is 0 Å². The first kappa shape index (κ1) is 20.8. The van der Waals surface area contributed by atoms with E-state index in [1.807, 2.05) is 0 Å². The molecule has 1 aromatic carbocycles. The van der Waals surface area contributed by atoms with E-state index in [1.165, 1.54) is 28.2 Å². The van der Waals surface area contributed by atoms with E-state index >= 15 is 0 Å². The number of benzene rings is 1. The Bertz CT molecular complexity index is 824. The minimum atomic E-state index is -0.217. The van der Waals surface area contributed by atoms with Gasteiger partial charge in [-0.2, -0.15) is 0 Å². The second kappa shape index (κ2) is 6.05. The first-order valence-electron chi connectivity index (χ1n) is 10.3. The van der Waals surface area contributed by atoms with E-state index in [0.29, 0.717) is 0 Å². The predicted molar refractivity (Wildman–Crippen MR) is 114 cm³/mol. The van der Waals surface area contributed by atoms with Gasteiger partial charge in [0.25, 0.3) is 11.8 Å². The van der Waals surface area contributed by atoms with Gasteiger partial charge in [-0.1, -0.05) is 80.5 Å². The molecule has 0 spiro atoms. The Morgan fingerprint density at radius 3 is 1.79 bits per heavy atom. The molecule has 1 atom stereocenters. The van der Waals surface area contributed by atoms with Gasteiger partial charge >= 0.3 is 0 Å². The molecule has 152 valence electrons. The molecule has 0 N–H and O–H groups in total. The summed E-state index contributed by atoms with van der Waals surface area (Å²) in [5.41, 5.74) is 3.46. The average molecular weight is 382 g/mol. The standard InChI is InChI=1S/C25H35NO2/c1-22(2,3)16-10-11-18-17(14-16)19(26-20(27)12-13-21(26)28)15-25(18,23(4,5)6)24(7,8)9/h10-14,19H,15H2,1-9H3/t19-/m0/s1. The molecule has 1 aliphatic carbocycles. The van der Waals surface area contributed by atoms with E-state index in [1.54, 1.807) is 0 Å². The zero-order chi connectivity index (χ0) is 21.3. The van der Waals surface area contributed by atoms with Gasteiger partial charge in [0, 0.05) is 17.6 Å². The molecule has 1 aliphatic heterocycles. The lowest BCUT2D eigenvalue weighted by Crippen LogP contribution is -2.49. The Morgan fingerprint density at radius 2 is 1.36 bits per heavy atom. The molecule has 3 nitrogen and oxygen atoms in total. The lowest BCUT2D eigenvalue weighted by Gasteiger charge is -2.53. The number of fused-ring (bicyclic) bond motifs is 1. The van der Waals surface area contributed by atoms with Crippen molar-refractivity contribution in [1.29, 1.82) is 0 Å². The third-order valence-electron chi connectivity index (χ3n) is 6.95. The van der Waals surface area contributed by atoms with Crippen molar-refractivity contribution in [2.45, 2.75) is 85.6 Å². The Labute approximate surface area is 170 Å². The highest BCUT2D eigenvalue weighted by molar-refractivity contribution is 6.13. The number of hydrogen-bond acceptors (Lipinski definition) is 2. The molecule has 0 saturated heterocycles. The maximum absolute atomic E-state index is 12.6. The summed E-state index contributed by atoms with van der Waals surface area (Å²) in [7, 11) is 0. The fourth-order valence-corrected chi connectivity index (χ4v) is 5.70. The van der Waals surface area contributed by atoms with Crippen LogP contribution in [-0.4, -0.2) is 16.7 Å². The van der Waals surface area contributed by atoms with Crippen LogP contribution in [0.15, 0.2) is 30.4 Å². The van der Waals surface area contributed by atoms with Crippen molar-refractivity contribution in [2.24, 2.45) is 10.8 Å². The number of nitrogens with zero attached hydrogens (tertiary/aromatic N) is 1. The summed E-state index contributed by atoms with van der Waals surface area (Å²) in [5, 5.41) is 0. The molecule has 0 bridgehead atoms. The van der Waals surface area contributed by atoms with Gasteiger partial charge in [0.2, 0.25) is 0 Å². The molecule has 0 fully saturated rings. The highest BCUT2D eigenvalue weighted by Gasteiger charge is 2.59. The van der Waals surface area contributed by atoms with Crippen molar-refractivity contribution >= 4 is 11.8 Å². The van der Waals surface area contributed by atoms with E-state index in [-0.39, 0.29) is 39.5 Å². The van der Waals surface area contributed by atoms with Gasteiger partial charge in [0.1, 0.15) is 0 Å². The van der Waals surface area contributed by atoms with Crippen molar-refractivity contribution in [3.8, 4) is 0 Å². The molecule has 1 heterocycles. The molecular weight excluding hydrogens is 346 g/mol. The van der Waals surface area contributed by atoms with E-state index in [2.05, 4.69) is 80.5 Å². The summed E-state index contributed by atoms with van der Waals surface area (Å²) in [6.07, 6.45) is 3.58. The molecule has 3 rings (SSSR count). The van der Waals surface area contributed by atoms with E-state index in [0.717, 1.165) is 12.0 Å². The quantitative estimate of drug-likeness (QED) is 0.587. The minimum absolute atomic E-state index is 0.00553. The molecule has 3 heteroatoms. The second-order valence-corrected chi connectivity index (χ2v) is 11.6. The lowest BCUT2D eigenvalue weighted by molar-refractivity contribution is -0.140. The van der Waals surface area contributed by atoms with Gasteiger partial charge < -0.3 is 0 Å². The summed E-state index contributed by atoms with van der Waals surface area (Å²) < 4.78 is 0. The number of carbonyl (C=O) groups is 2. The first-order chi connectivity index (χ1) is 12.6. The molecular formula is C25H35NO2. The highest BCUT2D eigenvalue weighted by atomic mass is 16.2. The van der Waals surface area contributed by atoms with Gasteiger partial charge in [-0.3, -0.25) is 14.5 Å². The maximum Gasteiger partial charge on any atom is 0.254 e. The van der Waals surface area contributed by atoms with Crippen LogP contribution in [0.1, 0.15) is 91.5 Å². The van der Waals surface area contributed by atoms with E-state index < -0.39 is 0 Å². The number of hydrogen-bond donors (Lipinski definition) is 0. The van der Waals surface area contributed by atoms with Gasteiger partial charge in [-0.05, 0) is 39.4 Å². The van der Waals surface area contributed by atoms with Crippen molar-refractivity contribution in [3.63, 3.8) is 0 Å². The molecule has 2 amide bonds. The van der Waals surface area contributed by atoms with Crippen LogP contribution in [0.5, 0.6) is 0 Å². The lowest BCUT2D eigenvalue weighted by atomic mass is 9.51. The second-order valence-electron chi connectivity index (χ2n) is 11.6. The SMILES string of the molecule is CC(C)(C)c1ccc2c(c1)[C@@H](N1C(=O)C=CC1=O)CC2(C(C)(C)C)C(C)(C)C. The fraction of sp³-hybridized carbons (Fsp3) is 0.600. The number of amides is 2. The zero-order valence-electron chi connectivity index (χ0n) is 18.9. The molecule has 0 unspecified atom stereocenters. The van der Waals surface area contributed by atoms with Crippen LogP contribution >= 0.6 is 0 Å². The molecule has 28 heavy (non-hydrogen) atoms. The smallest absolute Gasteiger partial charge is 0.254 e. The third-order valence-corrected chi connectivity index (χ3v) is 6.95. The van der Waals surface area contributed by atoms with Crippen LogP contribution < -0.4 is 0 Å². The molecule has 0 radical (unpaired) electrons. The van der Waals surface area contributed by atoms with Crippen molar-refractivity contribution in [1.82, 2.24) is 4.90 Å². The Morgan fingerprint density at radius 1 is 0.857 bits per heavy atom. The van der Waals surface area contributed by atoms with Crippen molar-refractivity contribution in [3.05, 3.63) is 47.0 Å². The predicted octanol–water partition coefficient (Wildman–Crippen LogP) is 5.68. The van der Waals surface area contributed by atoms with Gasteiger partial charge in [0.05, 0.1) is 6.04 Å². The van der Waals surface area contributed by atoms with Gasteiger partial charge in [0.15, 0.2) is 0 Å². The Kier molecular flexibility index (Phi) is 4.50. The molecule has 0 aromatic heterocycles. The summed E-state index contributed by atoms with van der Waals surface area (Å²) in [4.78, 5) is 26.7. The molecule has 1 aromatic rings. The topological polar surface area (TPSA) is 37.4 Å². The zero-order valence-corrected chi connectivity index (χ0v) is 18.9. The van der Waals surface area contributed by atoms with Gasteiger partial charge in [-0.15, -0.1) is 0 Å². The number of rotatable bonds is 1. The van der Waals surface area contributed by atoms with Crippen molar-refractivity contribution < 1.29 is 9.59 Å². The summed E-state index contributed by atoms with van der Waals surface area (Å²) in [6, 6.07) is 6.54. The van der Waals surface area contributed by atoms with Crippen molar-refractivity contribution in [2.75, 3.05) is 0 Å². The van der Waals surface area contributed by atoms with Crippen LogP contribution in [0.4, 0.5) is 0 Å². The monoisotopic (exact) mass is 381 g/mol. The van der Waals surface area contributed by atoms with Crippen LogP contribution in [0, 0.1) is 10.8 Å². The largest absolute Gasteiger partial charge is 0.269 e. The first-order valence-corrected chi connectivity index (χ1v) is 10.3. The Balaban J connectivity index is 2.30. The van der Waals surface area contributed by atoms with E-state index in [4.69, 9.17) is 0 Å².